The lowest BCUT2D eigenvalue weighted by Crippen LogP contribution is -2.41. The largest absolute Gasteiger partial charge is 0.491 e. The Morgan fingerprint density at radius 1 is 1.42 bits per heavy atom. The summed E-state index contributed by atoms with van der Waals surface area (Å²) in [7, 11) is 0. The molecule has 1 aromatic rings. The van der Waals surface area contributed by atoms with Gasteiger partial charge in [0.1, 0.15) is 24.6 Å². The first-order valence-corrected chi connectivity index (χ1v) is 6.11. The number of amides is 1. The summed E-state index contributed by atoms with van der Waals surface area (Å²) >= 11 is 5.78. The molecule has 6 nitrogen and oxygen atoms in total. The van der Waals surface area contributed by atoms with E-state index < -0.39 is 18.1 Å². The number of nitrogens with one attached hydrogen (secondary N) is 1. The van der Waals surface area contributed by atoms with Gasteiger partial charge < -0.3 is 26.0 Å². The molecule has 0 heterocycles. The fourth-order valence-electron chi connectivity index (χ4n) is 1.30. The Morgan fingerprint density at radius 3 is 2.79 bits per heavy atom. The van der Waals surface area contributed by atoms with Crippen molar-refractivity contribution in [2.75, 3.05) is 19.7 Å². The van der Waals surface area contributed by atoms with Crippen LogP contribution in [-0.4, -0.2) is 48.0 Å². The van der Waals surface area contributed by atoms with E-state index in [2.05, 4.69) is 5.32 Å². The van der Waals surface area contributed by atoms with Gasteiger partial charge in [0.05, 0.1) is 0 Å². The molecule has 0 aliphatic carbocycles. The average Bonchev–Trinajstić information content (AvgIpc) is 2.36. The lowest BCUT2D eigenvalue weighted by Gasteiger charge is -2.14. The molecule has 2 atom stereocenters. The van der Waals surface area contributed by atoms with Crippen molar-refractivity contribution < 1.29 is 19.7 Å². The molecule has 0 bridgehead atoms. The lowest BCUT2D eigenvalue weighted by molar-refractivity contribution is -0.125. The van der Waals surface area contributed by atoms with Gasteiger partial charge in [-0.3, -0.25) is 4.79 Å². The number of ether oxygens (including phenoxy) is 1. The number of nitrogens with two attached hydrogens (primary N) is 1. The minimum absolute atomic E-state index is 0.0104. The third kappa shape index (κ3) is 6.40. The highest BCUT2D eigenvalue weighted by Crippen LogP contribution is 2.17. The number of hydrogen-bond acceptors (Lipinski definition) is 5. The number of halogens is 1. The first kappa shape index (κ1) is 15.7. The van der Waals surface area contributed by atoms with Crippen LogP contribution in [0, 0.1) is 0 Å². The molecule has 0 radical (unpaired) electrons. The monoisotopic (exact) mass is 288 g/mol. The number of benzene rings is 1. The second-order valence-corrected chi connectivity index (χ2v) is 4.44. The number of rotatable bonds is 8. The summed E-state index contributed by atoms with van der Waals surface area (Å²) in [4.78, 5) is 10.6. The van der Waals surface area contributed by atoms with Crippen molar-refractivity contribution in [3.8, 4) is 5.75 Å². The smallest absolute Gasteiger partial charge is 0.247 e. The molecule has 0 aliphatic rings. The second kappa shape index (κ2) is 7.96. The second-order valence-electron chi connectivity index (χ2n) is 4.00. The van der Waals surface area contributed by atoms with Crippen LogP contribution in [0.5, 0.6) is 5.75 Å². The molecule has 0 aromatic heterocycles. The quantitative estimate of drug-likeness (QED) is 0.517. The van der Waals surface area contributed by atoms with Crippen LogP contribution < -0.4 is 15.8 Å². The standard InChI is InChI=1S/C12H17ClN2O4/c13-8-2-1-3-10(4-8)19-7-9(16)5-15-6-11(17)12(14)18/h1-4,9,11,15-17H,5-7H2,(H2,14,18). The number of hydrogen-bond donors (Lipinski definition) is 4. The van der Waals surface area contributed by atoms with E-state index in [1.54, 1.807) is 24.3 Å². The van der Waals surface area contributed by atoms with Crippen molar-refractivity contribution in [1.29, 1.82) is 0 Å². The highest BCUT2D eigenvalue weighted by atomic mass is 35.5. The summed E-state index contributed by atoms with van der Waals surface area (Å²) in [5.41, 5.74) is 4.87. The van der Waals surface area contributed by atoms with E-state index in [1.165, 1.54) is 0 Å². The maximum Gasteiger partial charge on any atom is 0.247 e. The molecule has 7 heteroatoms. The van der Waals surface area contributed by atoms with E-state index in [4.69, 9.17) is 27.2 Å². The van der Waals surface area contributed by atoms with Crippen LogP contribution in [0.25, 0.3) is 0 Å². The van der Waals surface area contributed by atoms with Crippen LogP contribution in [0.15, 0.2) is 24.3 Å². The Kier molecular flexibility index (Phi) is 6.58. The van der Waals surface area contributed by atoms with Crippen molar-refractivity contribution in [2.24, 2.45) is 5.73 Å². The molecule has 0 aliphatic heterocycles. The number of carbonyl (C=O) groups excluding carboxylic acids is 1. The Hall–Kier alpha value is -1.34. The van der Waals surface area contributed by atoms with Crippen LogP contribution in [0.1, 0.15) is 0 Å². The van der Waals surface area contributed by atoms with E-state index in [1.807, 2.05) is 0 Å². The van der Waals surface area contributed by atoms with Gasteiger partial charge in [0, 0.05) is 18.1 Å². The number of primary amides is 1. The topological polar surface area (TPSA) is 105 Å². The van der Waals surface area contributed by atoms with E-state index >= 15 is 0 Å². The van der Waals surface area contributed by atoms with Crippen molar-refractivity contribution in [3.05, 3.63) is 29.3 Å². The molecule has 19 heavy (non-hydrogen) atoms. The van der Waals surface area contributed by atoms with Crippen molar-refractivity contribution in [2.45, 2.75) is 12.2 Å². The average molecular weight is 289 g/mol. The summed E-state index contributed by atoms with van der Waals surface area (Å²) in [5.74, 6) is -0.249. The van der Waals surface area contributed by atoms with Gasteiger partial charge in [-0.25, -0.2) is 0 Å². The Balaban J connectivity index is 2.21. The predicted octanol–water partition coefficient (Wildman–Crippen LogP) is -0.484. The maximum atomic E-state index is 10.6. The summed E-state index contributed by atoms with van der Waals surface area (Å²) in [6, 6.07) is 6.82. The fraction of sp³-hybridized carbons (Fsp3) is 0.417. The summed E-state index contributed by atoms with van der Waals surface area (Å²) in [6.45, 7) is 0.231. The van der Waals surface area contributed by atoms with Crippen LogP contribution in [-0.2, 0) is 4.79 Å². The Labute approximate surface area is 116 Å². The maximum absolute atomic E-state index is 10.6. The van der Waals surface area contributed by atoms with Gasteiger partial charge in [0.25, 0.3) is 0 Å². The summed E-state index contributed by atoms with van der Waals surface area (Å²) < 4.78 is 5.33. The minimum Gasteiger partial charge on any atom is -0.491 e. The number of aliphatic hydroxyl groups excluding tert-OH is 2. The molecule has 0 fully saturated rings. The van der Waals surface area contributed by atoms with Crippen LogP contribution in [0.2, 0.25) is 5.02 Å². The predicted molar refractivity (Wildman–Crippen MR) is 71.0 cm³/mol. The first-order chi connectivity index (χ1) is 8.99. The molecule has 5 N–H and O–H groups in total. The molecule has 1 amide bonds. The Morgan fingerprint density at radius 2 is 2.16 bits per heavy atom. The molecule has 106 valence electrons. The summed E-state index contributed by atoms with van der Waals surface area (Å²) in [6.07, 6.45) is -2.04. The zero-order valence-corrected chi connectivity index (χ0v) is 11.0. The normalized spacial score (nSPS) is 13.8. The number of carbonyl (C=O) groups is 1. The minimum atomic E-state index is -1.26. The third-order valence-corrected chi connectivity index (χ3v) is 2.52. The van der Waals surface area contributed by atoms with E-state index in [-0.39, 0.29) is 19.7 Å². The van der Waals surface area contributed by atoms with Gasteiger partial charge in [0.15, 0.2) is 0 Å². The van der Waals surface area contributed by atoms with Crippen molar-refractivity contribution in [3.63, 3.8) is 0 Å². The SMILES string of the molecule is NC(=O)C(O)CNCC(O)COc1cccc(Cl)c1. The molecule has 0 spiro atoms. The zero-order chi connectivity index (χ0) is 14.3. The third-order valence-electron chi connectivity index (χ3n) is 2.28. The first-order valence-electron chi connectivity index (χ1n) is 5.73. The van der Waals surface area contributed by atoms with Crippen molar-refractivity contribution >= 4 is 17.5 Å². The van der Waals surface area contributed by atoms with Gasteiger partial charge in [0.2, 0.25) is 5.91 Å². The molecular formula is C12H17ClN2O4. The lowest BCUT2D eigenvalue weighted by atomic mass is 10.3. The van der Waals surface area contributed by atoms with Crippen LogP contribution in [0.3, 0.4) is 0 Å². The Bertz CT molecular complexity index is 416. The van der Waals surface area contributed by atoms with E-state index in [0.29, 0.717) is 10.8 Å². The number of aliphatic hydroxyl groups is 2. The van der Waals surface area contributed by atoms with Gasteiger partial charge >= 0.3 is 0 Å². The van der Waals surface area contributed by atoms with Crippen LogP contribution in [0.4, 0.5) is 0 Å². The van der Waals surface area contributed by atoms with Gasteiger partial charge in [-0.2, -0.15) is 0 Å². The van der Waals surface area contributed by atoms with Gasteiger partial charge in [-0.1, -0.05) is 17.7 Å². The molecule has 0 saturated carbocycles. The van der Waals surface area contributed by atoms with E-state index in [0.717, 1.165) is 0 Å². The van der Waals surface area contributed by atoms with E-state index in [9.17, 15) is 9.90 Å². The van der Waals surface area contributed by atoms with Crippen LogP contribution >= 0.6 is 11.6 Å². The molecule has 1 rings (SSSR count). The van der Waals surface area contributed by atoms with Crippen molar-refractivity contribution in [1.82, 2.24) is 5.32 Å². The van der Waals surface area contributed by atoms with Gasteiger partial charge in [-0.05, 0) is 18.2 Å². The molecule has 0 saturated heterocycles. The highest BCUT2D eigenvalue weighted by Gasteiger charge is 2.11. The highest BCUT2D eigenvalue weighted by molar-refractivity contribution is 6.30. The molecule has 2 unspecified atom stereocenters. The zero-order valence-electron chi connectivity index (χ0n) is 10.3. The molecular weight excluding hydrogens is 272 g/mol. The molecule has 1 aromatic carbocycles. The van der Waals surface area contributed by atoms with Gasteiger partial charge in [-0.15, -0.1) is 0 Å². The fourth-order valence-corrected chi connectivity index (χ4v) is 1.48. The summed E-state index contributed by atoms with van der Waals surface area (Å²) in [5, 5.41) is 22.0.